The number of aromatic amines is 1. The second kappa shape index (κ2) is 4.20. The smallest absolute Gasteiger partial charge is 0.328 e. The molecule has 0 aliphatic heterocycles. The highest BCUT2D eigenvalue weighted by Gasteiger charge is 2.03. The summed E-state index contributed by atoms with van der Waals surface area (Å²) in [5.41, 5.74) is 1.51. The third kappa shape index (κ3) is 2.21. The number of halogens is 2. The monoisotopic (exact) mass is 255 g/mol. The van der Waals surface area contributed by atoms with Crippen molar-refractivity contribution in [2.45, 2.75) is 0 Å². The van der Waals surface area contributed by atoms with E-state index in [9.17, 15) is 4.79 Å². The Bertz CT molecular complexity index is 548. The molecule has 5 heteroatoms. The number of hydrogen-bond acceptors (Lipinski definition) is 1. The first-order valence-electron chi connectivity index (χ1n) is 4.45. The minimum atomic E-state index is -0.991. The third-order valence-electron chi connectivity index (χ3n) is 2.09. The molecule has 0 unspecified atom stereocenters. The summed E-state index contributed by atoms with van der Waals surface area (Å²) in [6, 6.07) is 5.24. The molecule has 0 amide bonds. The predicted molar refractivity (Wildman–Crippen MR) is 65.0 cm³/mol. The summed E-state index contributed by atoms with van der Waals surface area (Å²) in [5, 5.41) is 10.3. The van der Waals surface area contributed by atoms with Gasteiger partial charge in [0.15, 0.2) is 0 Å². The number of rotatable bonds is 2. The number of fused-ring (bicyclic) bond motifs is 1. The van der Waals surface area contributed by atoms with E-state index < -0.39 is 5.97 Å². The minimum Gasteiger partial charge on any atom is -0.478 e. The maximum Gasteiger partial charge on any atom is 0.328 e. The molecule has 1 heterocycles. The van der Waals surface area contributed by atoms with Crippen molar-refractivity contribution in [3.63, 3.8) is 0 Å². The fourth-order valence-electron chi connectivity index (χ4n) is 1.40. The second-order valence-electron chi connectivity index (χ2n) is 3.25. The molecule has 2 aromatic rings. The molecule has 82 valence electrons. The largest absolute Gasteiger partial charge is 0.478 e. The van der Waals surface area contributed by atoms with Crippen LogP contribution < -0.4 is 0 Å². The van der Waals surface area contributed by atoms with Gasteiger partial charge in [0.2, 0.25) is 0 Å². The predicted octanol–water partition coefficient (Wildman–Crippen LogP) is 3.57. The first kappa shape index (κ1) is 11.0. The zero-order chi connectivity index (χ0) is 11.7. The van der Waals surface area contributed by atoms with Crippen molar-refractivity contribution in [2.75, 3.05) is 0 Å². The lowest BCUT2D eigenvalue weighted by Crippen LogP contribution is -1.85. The lowest BCUT2D eigenvalue weighted by atomic mass is 10.2. The quantitative estimate of drug-likeness (QED) is 0.807. The Morgan fingerprint density at radius 2 is 1.94 bits per heavy atom. The average molecular weight is 256 g/mol. The lowest BCUT2D eigenvalue weighted by molar-refractivity contribution is -0.131. The minimum absolute atomic E-state index is 0.463. The van der Waals surface area contributed by atoms with E-state index in [4.69, 9.17) is 28.3 Å². The molecule has 0 aliphatic carbocycles. The first-order chi connectivity index (χ1) is 7.56. The van der Waals surface area contributed by atoms with E-state index in [2.05, 4.69) is 4.98 Å². The lowest BCUT2D eigenvalue weighted by Gasteiger charge is -1.94. The van der Waals surface area contributed by atoms with E-state index >= 15 is 0 Å². The number of benzene rings is 1. The van der Waals surface area contributed by atoms with Gasteiger partial charge >= 0.3 is 5.97 Å². The van der Waals surface area contributed by atoms with Crippen molar-refractivity contribution < 1.29 is 9.90 Å². The van der Waals surface area contributed by atoms with Crippen LogP contribution in [0.5, 0.6) is 0 Å². The van der Waals surface area contributed by atoms with Gasteiger partial charge in [0.05, 0.1) is 10.0 Å². The molecule has 1 aromatic carbocycles. The number of H-pyrrole nitrogens is 1. The SMILES string of the molecule is O=C(O)C=Cc1cc2cc(Cl)c(Cl)cc2[nH]1. The Morgan fingerprint density at radius 3 is 2.62 bits per heavy atom. The molecule has 0 spiro atoms. The molecular weight excluding hydrogens is 249 g/mol. The van der Waals surface area contributed by atoms with Crippen LogP contribution in [0.2, 0.25) is 10.0 Å². The molecule has 0 aliphatic rings. The van der Waals surface area contributed by atoms with Crippen molar-refractivity contribution in [1.82, 2.24) is 4.98 Å². The van der Waals surface area contributed by atoms with Crippen LogP contribution in [0.15, 0.2) is 24.3 Å². The highest BCUT2D eigenvalue weighted by atomic mass is 35.5. The van der Waals surface area contributed by atoms with Gasteiger partial charge in [0.1, 0.15) is 0 Å². The Morgan fingerprint density at radius 1 is 1.25 bits per heavy atom. The van der Waals surface area contributed by atoms with Crippen LogP contribution in [0.4, 0.5) is 0 Å². The van der Waals surface area contributed by atoms with Crippen LogP contribution >= 0.6 is 23.2 Å². The van der Waals surface area contributed by atoms with Crippen molar-refractivity contribution in [2.24, 2.45) is 0 Å². The molecule has 0 radical (unpaired) electrons. The number of carbonyl (C=O) groups is 1. The van der Waals surface area contributed by atoms with Crippen molar-refractivity contribution in [1.29, 1.82) is 0 Å². The van der Waals surface area contributed by atoms with Crippen LogP contribution in [0.1, 0.15) is 5.69 Å². The number of hydrogen-bond donors (Lipinski definition) is 2. The highest BCUT2D eigenvalue weighted by Crippen LogP contribution is 2.28. The zero-order valence-electron chi connectivity index (χ0n) is 8.00. The average Bonchev–Trinajstić information content (AvgIpc) is 2.58. The maximum atomic E-state index is 10.4. The number of aliphatic carboxylic acids is 1. The molecule has 1 aromatic heterocycles. The molecule has 0 saturated heterocycles. The van der Waals surface area contributed by atoms with Gasteiger partial charge in [-0.25, -0.2) is 4.79 Å². The van der Waals surface area contributed by atoms with E-state index in [-0.39, 0.29) is 0 Å². The molecule has 3 nitrogen and oxygen atoms in total. The van der Waals surface area contributed by atoms with Gasteiger partial charge in [-0.3, -0.25) is 0 Å². The molecule has 0 saturated carbocycles. The summed E-state index contributed by atoms with van der Waals surface area (Å²) in [6.07, 6.45) is 2.54. The molecular formula is C11H7Cl2NO2. The third-order valence-corrected chi connectivity index (χ3v) is 2.81. The Kier molecular flexibility index (Phi) is 2.90. The fourth-order valence-corrected chi connectivity index (χ4v) is 1.74. The van der Waals surface area contributed by atoms with Crippen molar-refractivity contribution in [3.05, 3.63) is 40.0 Å². The van der Waals surface area contributed by atoms with E-state index in [0.717, 1.165) is 17.0 Å². The Hall–Kier alpha value is -1.45. The van der Waals surface area contributed by atoms with E-state index in [1.807, 2.05) is 0 Å². The van der Waals surface area contributed by atoms with E-state index in [0.29, 0.717) is 15.7 Å². The van der Waals surface area contributed by atoms with Crippen LogP contribution in [0, 0.1) is 0 Å². The number of carboxylic acid groups (broad SMARTS) is 1. The van der Waals surface area contributed by atoms with Gasteiger partial charge in [-0.1, -0.05) is 23.2 Å². The first-order valence-corrected chi connectivity index (χ1v) is 5.20. The summed E-state index contributed by atoms with van der Waals surface area (Å²) in [5.74, 6) is -0.991. The molecule has 2 N–H and O–H groups in total. The molecule has 0 fully saturated rings. The summed E-state index contributed by atoms with van der Waals surface area (Å²) in [7, 11) is 0. The summed E-state index contributed by atoms with van der Waals surface area (Å²) in [6.45, 7) is 0. The van der Waals surface area contributed by atoms with Gasteiger partial charge in [-0.2, -0.15) is 0 Å². The number of nitrogens with one attached hydrogen (secondary N) is 1. The van der Waals surface area contributed by atoms with Gasteiger partial charge in [0, 0.05) is 22.7 Å². The second-order valence-corrected chi connectivity index (χ2v) is 4.06. The maximum absolute atomic E-state index is 10.4. The topological polar surface area (TPSA) is 53.1 Å². The Labute approximate surface area is 101 Å². The van der Waals surface area contributed by atoms with E-state index in [1.54, 1.807) is 18.2 Å². The Balaban J connectivity index is 2.48. The van der Waals surface area contributed by atoms with E-state index in [1.165, 1.54) is 6.08 Å². The van der Waals surface area contributed by atoms with Gasteiger partial charge in [0.25, 0.3) is 0 Å². The van der Waals surface area contributed by atoms with Gasteiger partial charge in [-0.15, -0.1) is 0 Å². The summed E-state index contributed by atoms with van der Waals surface area (Å²) in [4.78, 5) is 13.4. The molecule has 0 bridgehead atoms. The normalized spacial score (nSPS) is 11.4. The fraction of sp³-hybridized carbons (Fsp3) is 0. The molecule has 0 atom stereocenters. The summed E-state index contributed by atoms with van der Waals surface area (Å²) >= 11 is 11.7. The summed E-state index contributed by atoms with van der Waals surface area (Å²) < 4.78 is 0. The van der Waals surface area contributed by atoms with Crippen LogP contribution in [0.25, 0.3) is 17.0 Å². The zero-order valence-corrected chi connectivity index (χ0v) is 9.51. The van der Waals surface area contributed by atoms with Crippen LogP contribution in [0.3, 0.4) is 0 Å². The van der Waals surface area contributed by atoms with Crippen LogP contribution in [-0.2, 0) is 4.79 Å². The van der Waals surface area contributed by atoms with Crippen LogP contribution in [-0.4, -0.2) is 16.1 Å². The standard InChI is InChI=1S/C11H7Cl2NO2/c12-8-4-6-3-7(1-2-11(15)16)14-10(6)5-9(8)13/h1-5,14H,(H,15,16). The molecule has 2 rings (SSSR count). The van der Waals surface area contributed by atoms with Gasteiger partial charge in [-0.05, 0) is 24.3 Å². The van der Waals surface area contributed by atoms with Crippen molar-refractivity contribution >= 4 is 46.2 Å². The van der Waals surface area contributed by atoms with Crippen molar-refractivity contribution in [3.8, 4) is 0 Å². The van der Waals surface area contributed by atoms with Gasteiger partial charge < -0.3 is 10.1 Å². The number of carboxylic acids is 1. The highest BCUT2D eigenvalue weighted by molar-refractivity contribution is 6.42. The number of aromatic nitrogens is 1. The molecule has 16 heavy (non-hydrogen) atoms.